The van der Waals surface area contributed by atoms with Gasteiger partial charge in [-0.15, -0.1) is 0 Å². The minimum atomic E-state index is -3.61. The number of sulfonamides is 1. The van der Waals surface area contributed by atoms with Crippen molar-refractivity contribution in [3.8, 4) is 0 Å². The summed E-state index contributed by atoms with van der Waals surface area (Å²) in [7, 11) is -3.61. The minimum Gasteiger partial charge on any atom is -0.379 e. The summed E-state index contributed by atoms with van der Waals surface area (Å²) in [4.78, 5) is 12.4. The molecule has 2 N–H and O–H groups in total. The first-order valence-corrected chi connectivity index (χ1v) is 9.95. The van der Waals surface area contributed by atoms with Crippen molar-refractivity contribution in [1.29, 1.82) is 0 Å². The van der Waals surface area contributed by atoms with Crippen molar-refractivity contribution in [2.45, 2.75) is 30.6 Å². The molecule has 7 nitrogen and oxygen atoms in total. The fourth-order valence-electron chi connectivity index (χ4n) is 2.89. The molecule has 136 valence electrons. The van der Waals surface area contributed by atoms with Gasteiger partial charge in [0.2, 0.25) is 10.0 Å². The van der Waals surface area contributed by atoms with E-state index in [4.69, 9.17) is 4.74 Å². The van der Waals surface area contributed by atoms with Crippen LogP contribution in [0, 0.1) is 0 Å². The first kappa shape index (κ1) is 17.9. The van der Waals surface area contributed by atoms with Crippen LogP contribution in [0.1, 0.15) is 36.0 Å². The van der Waals surface area contributed by atoms with Crippen LogP contribution in [0.2, 0.25) is 0 Å². The summed E-state index contributed by atoms with van der Waals surface area (Å²) < 4.78 is 31.9. The molecule has 0 spiro atoms. The van der Waals surface area contributed by atoms with E-state index in [2.05, 4.69) is 16.9 Å². The van der Waals surface area contributed by atoms with Crippen molar-refractivity contribution in [1.82, 2.24) is 15.2 Å². The lowest BCUT2D eigenvalue weighted by Crippen LogP contribution is -2.40. The van der Waals surface area contributed by atoms with Crippen molar-refractivity contribution in [3.05, 3.63) is 41.6 Å². The molecule has 1 saturated heterocycles. The van der Waals surface area contributed by atoms with Crippen LogP contribution in [-0.2, 0) is 14.8 Å². The predicted molar refractivity (Wildman–Crippen MR) is 93.2 cm³/mol. The van der Waals surface area contributed by atoms with Gasteiger partial charge in [-0.3, -0.25) is 10.2 Å². The Bertz CT molecular complexity index is 755. The Morgan fingerprint density at radius 2 is 1.96 bits per heavy atom. The normalized spacial score (nSPS) is 19.1. The zero-order valence-electron chi connectivity index (χ0n) is 14.0. The summed E-state index contributed by atoms with van der Waals surface area (Å²) in [5, 5.41) is 0. The number of allylic oxidation sites excluding steroid dienone is 2. The highest BCUT2D eigenvalue weighted by Gasteiger charge is 2.26. The topological polar surface area (TPSA) is 87.7 Å². The Morgan fingerprint density at radius 3 is 2.68 bits per heavy atom. The summed E-state index contributed by atoms with van der Waals surface area (Å²) in [5.41, 5.74) is 6.87. The molecule has 3 rings (SSSR count). The molecule has 1 fully saturated rings. The van der Waals surface area contributed by atoms with Gasteiger partial charge in [-0.1, -0.05) is 12.1 Å². The fraction of sp³-hybridized carbons (Fsp3) is 0.471. The second kappa shape index (κ2) is 7.99. The Labute approximate surface area is 148 Å². The average Bonchev–Trinajstić information content (AvgIpc) is 2.67. The monoisotopic (exact) mass is 365 g/mol. The van der Waals surface area contributed by atoms with Gasteiger partial charge in [0.05, 0.1) is 18.1 Å². The Balaban J connectivity index is 1.69. The fourth-order valence-corrected chi connectivity index (χ4v) is 4.35. The standard InChI is InChI=1S/C17H23N3O4S/c21-17(19-18-15-6-2-1-3-7-15)14-5-4-8-16(13-14)25(22,23)20-9-11-24-12-10-20/h4-6,8,13,18H,1-3,7,9-12H2,(H,19,21). The van der Waals surface area contributed by atoms with Crippen LogP contribution in [0.15, 0.2) is 40.9 Å². The lowest BCUT2D eigenvalue weighted by Gasteiger charge is -2.26. The minimum absolute atomic E-state index is 0.124. The van der Waals surface area contributed by atoms with Gasteiger partial charge >= 0.3 is 0 Å². The van der Waals surface area contributed by atoms with E-state index < -0.39 is 10.0 Å². The summed E-state index contributed by atoms with van der Waals surface area (Å²) >= 11 is 0. The van der Waals surface area contributed by atoms with Gasteiger partial charge in [-0.05, 0) is 43.9 Å². The summed E-state index contributed by atoms with van der Waals surface area (Å²) in [6, 6.07) is 6.11. The third-order valence-electron chi connectivity index (χ3n) is 4.33. The number of nitrogens with zero attached hydrogens (tertiary/aromatic N) is 1. The number of morpholine rings is 1. The van der Waals surface area contributed by atoms with E-state index in [1.165, 1.54) is 22.9 Å². The van der Waals surface area contributed by atoms with E-state index in [0.717, 1.165) is 25.0 Å². The molecule has 0 saturated carbocycles. The number of rotatable bonds is 5. The highest BCUT2D eigenvalue weighted by Crippen LogP contribution is 2.18. The molecule has 1 aromatic rings. The maximum atomic E-state index is 12.7. The molecule has 0 atom stereocenters. The number of benzene rings is 1. The predicted octanol–water partition coefficient (Wildman–Crippen LogP) is 1.40. The largest absolute Gasteiger partial charge is 0.379 e. The molecule has 8 heteroatoms. The van der Waals surface area contributed by atoms with Crippen molar-refractivity contribution in [2.75, 3.05) is 26.3 Å². The number of ether oxygens (including phenoxy) is 1. The lowest BCUT2D eigenvalue weighted by molar-refractivity contribution is 0.0730. The maximum absolute atomic E-state index is 12.7. The number of nitrogens with one attached hydrogen (secondary N) is 2. The molecule has 0 radical (unpaired) electrons. The van der Waals surface area contributed by atoms with Crippen LogP contribution in [0.25, 0.3) is 0 Å². The van der Waals surface area contributed by atoms with Gasteiger partial charge < -0.3 is 10.2 Å². The summed E-state index contributed by atoms with van der Waals surface area (Å²) in [6.45, 7) is 1.43. The number of carbonyl (C=O) groups is 1. The molecule has 1 aliphatic carbocycles. The van der Waals surface area contributed by atoms with Crippen LogP contribution in [0.5, 0.6) is 0 Å². The molecule has 25 heavy (non-hydrogen) atoms. The maximum Gasteiger partial charge on any atom is 0.269 e. The van der Waals surface area contributed by atoms with E-state index in [9.17, 15) is 13.2 Å². The lowest BCUT2D eigenvalue weighted by atomic mass is 10.1. The molecular weight excluding hydrogens is 342 g/mol. The van der Waals surface area contributed by atoms with Crippen LogP contribution in [0.3, 0.4) is 0 Å². The molecule has 1 aliphatic heterocycles. The molecular formula is C17H23N3O4S. The molecule has 0 aromatic heterocycles. The number of amides is 1. The number of hydrazine groups is 1. The molecule has 1 heterocycles. The Kier molecular flexibility index (Phi) is 5.72. The Hall–Kier alpha value is -1.90. The number of hydrogen-bond acceptors (Lipinski definition) is 5. The SMILES string of the molecule is O=C(NNC1=CCCCC1)c1cccc(S(=O)(=O)N2CCOCC2)c1. The molecule has 2 aliphatic rings. The molecule has 1 amide bonds. The van der Waals surface area contributed by atoms with Gasteiger partial charge in [-0.25, -0.2) is 8.42 Å². The third kappa shape index (κ3) is 4.39. The van der Waals surface area contributed by atoms with Gasteiger partial charge in [0.15, 0.2) is 0 Å². The Morgan fingerprint density at radius 1 is 1.16 bits per heavy atom. The van der Waals surface area contributed by atoms with Crippen molar-refractivity contribution < 1.29 is 17.9 Å². The highest BCUT2D eigenvalue weighted by molar-refractivity contribution is 7.89. The van der Waals surface area contributed by atoms with E-state index >= 15 is 0 Å². The highest BCUT2D eigenvalue weighted by atomic mass is 32.2. The van der Waals surface area contributed by atoms with Crippen molar-refractivity contribution in [2.24, 2.45) is 0 Å². The quantitative estimate of drug-likeness (QED) is 0.770. The zero-order valence-corrected chi connectivity index (χ0v) is 14.8. The van der Waals surface area contributed by atoms with E-state index in [0.29, 0.717) is 31.9 Å². The van der Waals surface area contributed by atoms with Crippen LogP contribution in [-0.4, -0.2) is 44.9 Å². The van der Waals surface area contributed by atoms with Crippen LogP contribution >= 0.6 is 0 Å². The van der Waals surface area contributed by atoms with Gasteiger partial charge in [-0.2, -0.15) is 4.31 Å². The van der Waals surface area contributed by atoms with Crippen molar-refractivity contribution >= 4 is 15.9 Å². The molecule has 0 unspecified atom stereocenters. The van der Waals surface area contributed by atoms with E-state index in [-0.39, 0.29) is 10.8 Å². The van der Waals surface area contributed by atoms with E-state index in [1.54, 1.807) is 12.1 Å². The van der Waals surface area contributed by atoms with Crippen LogP contribution in [0.4, 0.5) is 0 Å². The number of hydrogen-bond donors (Lipinski definition) is 2. The van der Waals surface area contributed by atoms with Crippen LogP contribution < -0.4 is 10.9 Å². The molecule has 1 aromatic carbocycles. The third-order valence-corrected chi connectivity index (χ3v) is 6.23. The first-order chi connectivity index (χ1) is 12.1. The molecule has 0 bridgehead atoms. The number of carbonyl (C=O) groups excluding carboxylic acids is 1. The first-order valence-electron chi connectivity index (χ1n) is 8.51. The summed E-state index contributed by atoms with van der Waals surface area (Å²) in [5.74, 6) is -0.356. The second-order valence-electron chi connectivity index (χ2n) is 6.10. The van der Waals surface area contributed by atoms with Gasteiger partial charge in [0.1, 0.15) is 0 Å². The zero-order chi connectivity index (χ0) is 17.7. The van der Waals surface area contributed by atoms with E-state index in [1.807, 2.05) is 0 Å². The van der Waals surface area contributed by atoms with Gasteiger partial charge in [0.25, 0.3) is 5.91 Å². The smallest absolute Gasteiger partial charge is 0.269 e. The van der Waals surface area contributed by atoms with Crippen molar-refractivity contribution in [3.63, 3.8) is 0 Å². The summed E-state index contributed by atoms with van der Waals surface area (Å²) in [6.07, 6.45) is 6.25. The van der Waals surface area contributed by atoms with Gasteiger partial charge in [0, 0.05) is 24.4 Å². The second-order valence-corrected chi connectivity index (χ2v) is 8.04. The average molecular weight is 365 g/mol.